The van der Waals surface area contributed by atoms with E-state index in [0.717, 1.165) is 37.6 Å². The quantitative estimate of drug-likeness (QED) is 0.930. The number of hydrogen-bond donors (Lipinski definition) is 1. The number of halogens is 1. The molecule has 92 valence electrons. The van der Waals surface area contributed by atoms with E-state index >= 15 is 0 Å². The lowest BCUT2D eigenvalue weighted by Crippen LogP contribution is -2.08. The molecule has 1 atom stereocenters. The van der Waals surface area contributed by atoms with Gasteiger partial charge in [0.05, 0.1) is 5.92 Å². The van der Waals surface area contributed by atoms with Crippen LogP contribution >= 0.6 is 23.7 Å². The van der Waals surface area contributed by atoms with Crippen LogP contribution in [-0.4, -0.2) is 23.2 Å². The van der Waals surface area contributed by atoms with Crippen molar-refractivity contribution in [3.63, 3.8) is 0 Å². The molecule has 0 amide bonds. The normalized spacial score (nSPS) is 19.2. The Morgan fingerprint density at radius 1 is 1.53 bits per heavy atom. The van der Waals surface area contributed by atoms with Crippen molar-refractivity contribution in [2.24, 2.45) is 0 Å². The highest BCUT2D eigenvalue weighted by molar-refractivity contribution is 7.09. The van der Waals surface area contributed by atoms with Crippen molar-refractivity contribution in [3.05, 3.63) is 34.1 Å². The summed E-state index contributed by atoms with van der Waals surface area (Å²) >= 11 is 1.73. The third-order valence-electron chi connectivity index (χ3n) is 2.81. The molecule has 3 heterocycles. The number of hydrogen-bond acceptors (Lipinski definition) is 5. The second kappa shape index (κ2) is 5.62. The molecule has 1 unspecified atom stereocenters. The van der Waals surface area contributed by atoms with Crippen molar-refractivity contribution in [3.8, 4) is 0 Å². The SMILES string of the molecule is Cl.c1csc(Cc2noc(C3CCNC3)n2)c1. The van der Waals surface area contributed by atoms with Crippen LogP contribution in [0.1, 0.15) is 28.9 Å². The molecule has 1 saturated heterocycles. The Bertz CT molecular complexity index is 451. The molecule has 2 aromatic rings. The minimum atomic E-state index is 0. The van der Waals surface area contributed by atoms with Crippen molar-refractivity contribution in [1.82, 2.24) is 15.5 Å². The molecule has 2 aromatic heterocycles. The summed E-state index contributed by atoms with van der Waals surface area (Å²) < 4.78 is 5.30. The Labute approximate surface area is 110 Å². The fourth-order valence-corrected chi connectivity index (χ4v) is 2.64. The third-order valence-corrected chi connectivity index (χ3v) is 3.68. The van der Waals surface area contributed by atoms with Crippen LogP contribution in [0.2, 0.25) is 0 Å². The Hall–Kier alpha value is -0.910. The predicted octanol–water partition coefficient (Wildman–Crippen LogP) is 2.22. The number of thiophene rings is 1. The van der Waals surface area contributed by atoms with Crippen molar-refractivity contribution in [2.75, 3.05) is 13.1 Å². The summed E-state index contributed by atoms with van der Waals surface area (Å²) in [6.07, 6.45) is 1.88. The Morgan fingerprint density at radius 3 is 3.18 bits per heavy atom. The topological polar surface area (TPSA) is 51.0 Å². The standard InChI is InChI=1S/C11H13N3OS.ClH/c1-2-9(16-5-1)6-10-13-11(15-14-10)8-3-4-12-7-8;/h1-2,5,8,12H,3-4,6-7H2;1H. The van der Waals surface area contributed by atoms with Gasteiger partial charge < -0.3 is 9.84 Å². The molecule has 0 spiro atoms. The van der Waals surface area contributed by atoms with Crippen LogP contribution in [0.4, 0.5) is 0 Å². The van der Waals surface area contributed by atoms with Gasteiger partial charge in [-0.05, 0) is 24.4 Å². The third kappa shape index (κ3) is 2.86. The molecule has 1 fully saturated rings. The molecule has 1 N–H and O–H groups in total. The molecule has 0 aromatic carbocycles. The van der Waals surface area contributed by atoms with E-state index < -0.39 is 0 Å². The molecule has 0 radical (unpaired) electrons. The van der Waals surface area contributed by atoms with Crippen LogP contribution in [-0.2, 0) is 6.42 Å². The number of rotatable bonds is 3. The maximum absolute atomic E-state index is 5.30. The molecule has 17 heavy (non-hydrogen) atoms. The minimum absolute atomic E-state index is 0. The molecule has 4 nitrogen and oxygen atoms in total. The van der Waals surface area contributed by atoms with Gasteiger partial charge in [0.15, 0.2) is 5.82 Å². The Balaban J connectivity index is 0.00000108. The van der Waals surface area contributed by atoms with Crippen LogP contribution in [0, 0.1) is 0 Å². The summed E-state index contributed by atoms with van der Waals surface area (Å²) in [7, 11) is 0. The van der Waals surface area contributed by atoms with Crippen LogP contribution < -0.4 is 5.32 Å². The molecule has 0 saturated carbocycles. The first-order valence-corrected chi connectivity index (χ1v) is 6.35. The van der Waals surface area contributed by atoms with Crippen molar-refractivity contribution in [1.29, 1.82) is 0 Å². The summed E-state index contributed by atoms with van der Waals surface area (Å²) in [5, 5.41) is 9.40. The molecule has 1 aliphatic rings. The zero-order valence-electron chi connectivity index (χ0n) is 9.26. The second-order valence-electron chi connectivity index (χ2n) is 3.99. The van der Waals surface area contributed by atoms with Gasteiger partial charge in [0.1, 0.15) is 0 Å². The van der Waals surface area contributed by atoms with E-state index in [1.165, 1.54) is 4.88 Å². The smallest absolute Gasteiger partial charge is 0.231 e. The van der Waals surface area contributed by atoms with Gasteiger partial charge in [-0.2, -0.15) is 4.98 Å². The van der Waals surface area contributed by atoms with Gasteiger partial charge in [-0.1, -0.05) is 11.2 Å². The zero-order chi connectivity index (χ0) is 10.8. The van der Waals surface area contributed by atoms with Crippen LogP contribution in [0.5, 0.6) is 0 Å². The molecule has 1 aliphatic heterocycles. The number of aromatic nitrogens is 2. The molecule has 3 rings (SSSR count). The molecule has 6 heteroatoms. The summed E-state index contributed by atoms with van der Waals surface area (Å²) in [5.74, 6) is 1.99. The van der Waals surface area contributed by atoms with E-state index in [2.05, 4.69) is 26.9 Å². The summed E-state index contributed by atoms with van der Waals surface area (Å²) in [6, 6.07) is 4.14. The number of nitrogens with zero attached hydrogens (tertiary/aromatic N) is 2. The van der Waals surface area contributed by atoms with Crippen LogP contribution in [0.15, 0.2) is 22.0 Å². The molecular weight excluding hydrogens is 258 g/mol. The van der Waals surface area contributed by atoms with Gasteiger partial charge in [0.2, 0.25) is 5.89 Å². The lowest BCUT2D eigenvalue weighted by atomic mass is 10.1. The Kier molecular flexibility index (Phi) is 4.15. The van der Waals surface area contributed by atoms with Gasteiger partial charge in [-0.25, -0.2) is 0 Å². The minimum Gasteiger partial charge on any atom is -0.339 e. The average molecular weight is 272 g/mol. The van der Waals surface area contributed by atoms with Gasteiger partial charge in [0, 0.05) is 17.8 Å². The van der Waals surface area contributed by atoms with E-state index in [4.69, 9.17) is 4.52 Å². The summed E-state index contributed by atoms with van der Waals surface area (Å²) in [4.78, 5) is 5.73. The zero-order valence-corrected chi connectivity index (χ0v) is 10.9. The lowest BCUT2D eigenvalue weighted by molar-refractivity contribution is 0.355. The van der Waals surface area contributed by atoms with E-state index in [1.54, 1.807) is 11.3 Å². The van der Waals surface area contributed by atoms with Crippen LogP contribution in [0.25, 0.3) is 0 Å². The van der Waals surface area contributed by atoms with Crippen molar-refractivity contribution in [2.45, 2.75) is 18.8 Å². The van der Waals surface area contributed by atoms with E-state index in [9.17, 15) is 0 Å². The van der Waals surface area contributed by atoms with E-state index in [0.29, 0.717) is 5.92 Å². The second-order valence-corrected chi connectivity index (χ2v) is 5.03. The summed E-state index contributed by atoms with van der Waals surface area (Å²) in [5.41, 5.74) is 0. The first-order chi connectivity index (χ1) is 7.92. The first kappa shape index (κ1) is 12.5. The highest BCUT2D eigenvalue weighted by atomic mass is 35.5. The maximum atomic E-state index is 5.30. The fourth-order valence-electron chi connectivity index (χ4n) is 1.94. The van der Waals surface area contributed by atoms with Gasteiger partial charge in [0.25, 0.3) is 0 Å². The average Bonchev–Trinajstić information content (AvgIpc) is 2.99. The molecule has 0 bridgehead atoms. The van der Waals surface area contributed by atoms with E-state index in [-0.39, 0.29) is 12.4 Å². The maximum Gasteiger partial charge on any atom is 0.231 e. The van der Waals surface area contributed by atoms with Gasteiger partial charge >= 0.3 is 0 Å². The highest BCUT2D eigenvalue weighted by Gasteiger charge is 2.22. The molecule has 0 aliphatic carbocycles. The predicted molar refractivity (Wildman–Crippen MR) is 68.9 cm³/mol. The Morgan fingerprint density at radius 2 is 2.47 bits per heavy atom. The lowest BCUT2D eigenvalue weighted by Gasteiger charge is -1.98. The fraction of sp³-hybridized carbons (Fsp3) is 0.455. The monoisotopic (exact) mass is 271 g/mol. The summed E-state index contributed by atoms with van der Waals surface area (Å²) in [6.45, 7) is 2.01. The first-order valence-electron chi connectivity index (χ1n) is 5.47. The molecular formula is C11H14ClN3OS. The van der Waals surface area contributed by atoms with Gasteiger partial charge in [-0.3, -0.25) is 0 Å². The van der Waals surface area contributed by atoms with Crippen molar-refractivity contribution >= 4 is 23.7 Å². The van der Waals surface area contributed by atoms with Crippen molar-refractivity contribution < 1.29 is 4.52 Å². The highest BCUT2D eigenvalue weighted by Crippen LogP contribution is 2.21. The van der Waals surface area contributed by atoms with Crippen LogP contribution in [0.3, 0.4) is 0 Å². The van der Waals surface area contributed by atoms with E-state index in [1.807, 2.05) is 6.07 Å². The van der Waals surface area contributed by atoms with Gasteiger partial charge in [-0.15, -0.1) is 23.7 Å². The largest absolute Gasteiger partial charge is 0.339 e. The number of nitrogens with one attached hydrogen (secondary N) is 1.